The number of aromatic nitrogens is 1. The van der Waals surface area contributed by atoms with E-state index in [-0.39, 0.29) is 24.6 Å². The van der Waals surface area contributed by atoms with Gasteiger partial charge in [-0.3, -0.25) is 19.7 Å². The van der Waals surface area contributed by atoms with Gasteiger partial charge in [-0.15, -0.1) is 0 Å². The van der Waals surface area contributed by atoms with Crippen molar-refractivity contribution >= 4 is 40.1 Å². The van der Waals surface area contributed by atoms with Crippen LogP contribution >= 0.6 is 0 Å². The number of hydrogen-bond acceptors (Lipinski definition) is 6. The van der Waals surface area contributed by atoms with E-state index in [1.165, 1.54) is 4.90 Å². The number of carboxylic acids is 1. The maximum atomic E-state index is 14.2. The quantitative estimate of drug-likeness (QED) is 0.285. The van der Waals surface area contributed by atoms with Gasteiger partial charge in [0.25, 0.3) is 11.5 Å². The third-order valence-corrected chi connectivity index (χ3v) is 7.14. The first kappa shape index (κ1) is 27.4. The van der Waals surface area contributed by atoms with Crippen LogP contribution in [-0.2, 0) is 20.9 Å². The lowest BCUT2D eigenvalue weighted by atomic mass is 9.92. The Balaban J connectivity index is 1.61. The summed E-state index contributed by atoms with van der Waals surface area (Å²) in [7, 11) is 0. The highest BCUT2D eigenvalue weighted by Crippen LogP contribution is 2.29. The first-order chi connectivity index (χ1) is 19.7. The molecule has 0 radical (unpaired) electrons. The number of carbonyl (C=O) groups excluding carboxylic acids is 2. The van der Waals surface area contributed by atoms with Crippen LogP contribution in [-0.4, -0.2) is 46.1 Å². The van der Waals surface area contributed by atoms with Crippen LogP contribution in [0, 0.1) is 6.92 Å². The predicted molar refractivity (Wildman–Crippen MR) is 155 cm³/mol. The number of H-pyrrole nitrogens is 1. The molecule has 3 heterocycles. The van der Waals surface area contributed by atoms with Gasteiger partial charge >= 0.3 is 12.1 Å². The lowest BCUT2D eigenvalue weighted by molar-refractivity contribution is -0.145. The molecular formula is C31H30N4O6. The van der Waals surface area contributed by atoms with Gasteiger partial charge in [-0.2, -0.15) is 0 Å². The third kappa shape index (κ3) is 6.22. The second-order valence-electron chi connectivity index (χ2n) is 10.2. The molecular weight excluding hydrogens is 524 g/mol. The molecule has 0 saturated carbocycles. The van der Waals surface area contributed by atoms with Gasteiger partial charge in [0.1, 0.15) is 12.6 Å². The zero-order valence-corrected chi connectivity index (χ0v) is 22.6. The van der Waals surface area contributed by atoms with Crippen molar-refractivity contribution in [2.45, 2.75) is 32.4 Å². The Labute approximate surface area is 236 Å². The standard InChI is InChI=1S/C31H30N4O6/c1-18-12-22-7-9-25(18)19(2)17-41-31(40)34-23-5-3-4-20(13-23)15-35(16-27(36)37)30(39)28(22)33-24-8-6-21-10-11-32-29(38)26(21)14-24/h3-14,19,28,33H,15-17H2,1-2H3,(H,32,38)(H,34,40)(H,36,37)/t19-,28+/m0/s1. The van der Waals surface area contributed by atoms with E-state index in [0.717, 1.165) is 16.5 Å². The van der Waals surface area contributed by atoms with Crippen LogP contribution in [0.15, 0.2) is 77.7 Å². The van der Waals surface area contributed by atoms with E-state index in [1.54, 1.807) is 54.7 Å². The minimum atomic E-state index is -1.16. The minimum absolute atomic E-state index is 0.0145. The molecule has 10 heteroatoms. The first-order valence-electron chi connectivity index (χ1n) is 13.2. The van der Waals surface area contributed by atoms with Gasteiger partial charge in [-0.05, 0) is 64.9 Å². The summed E-state index contributed by atoms with van der Waals surface area (Å²) >= 11 is 0. The molecule has 4 N–H and O–H groups in total. The van der Waals surface area contributed by atoms with E-state index in [1.807, 2.05) is 32.0 Å². The number of hydrogen-bond donors (Lipinski definition) is 4. The summed E-state index contributed by atoms with van der Waals surface area (Å²) in [6, 6.07) is 18.5. The molecule has 0 unspecified atom stereocenters. The number of anilines is 2. The first-order valence-corrected chi connectivity index (χ1v) is 13.2. The molecule has 4 aromatic rings. The number of benzene rings is 3. The molecule has 2 aliphatic heterocycles. The Hall–Kier alpha value is -5.12. The molecule has 2 atom stereocenters. The van der Waals surface area contributed by atoms with Crippen molar-refractivity contribution in [1.82, 2.24) is 9.88 Å². The van der Waals surface area contributed by atoms with Crippen molar-refractivity contribution in [2.75, 3.05) is 23.8 Å². The van der Waals surface area contributed by atoms with Crippen molar-refractivity contribution in [3.05, 3.63) is 106 Å². The number of carboxylic acid groups (broad SMARTS) is 1. The summed E-state index contributed by atoms with van der Waals surface area (Å²) in [6.45, 7) is 3.46. The number of rotatable bonds is 4. The molecule has 10 nitrogen and oxygen atoms in total. The molecule has 1 aromatic heterocycles. The molecule has 6 rings (SSSR count). The zero-order chi connectivity index (χ0) is 29.1. The van der Waals surface area contributed by atoms with Crippen molar-refractivity contribution in [3.8, 4) is 0 Å². The number of pyridine rings is 1. The van der Waals surface area contributed by atoms with Gasteiger partial charge in [0.05, 0.1) is 6.61 Å². The predicted octanol–water partition coefficient (Wildman–Crippen LogP) is 4.77. The SMILES string of the molecule is Cc1cc2ccc1[C@@H](C)COC(=O)Nc1cccc(c1)CN(CC(=O)O)C(=O)[C@@H]2Nc1ccc2cc[nH]c(=O)c2c1. The zero-order valence-electron chi connectivity index (χ0n) is 22.6. The largest absolute Gasteiger partial charge is 0.480 e. The van der Waals surface area contributed by atoms with E-state index in [0.29, 0.717) is 27.9 Å². The number of aryl methyl sites for hydroxylation is 1. The van der Waals surface area contributed by atoms with Crippen molar-refractivity contribution in [1.29, 1.82) is 0 Å². The number of aliphatic carboxylic acids is 1. The van der Waals surface area contributed by atoms with Crippen LogP contribution < -0.4 is 16.2 Å². The average molecular weight is 555 g/mol. The van der Waals surface area contributed by atoms with E-state index >= 15 is 0 Å². The van der Waals surface area contributed by atoms with Gasteiger partial charge in [0, 0.05) is 35.4 Å². The summed E-state index contributed by atoms with van der Waals surface area (Å²) < 4.78 is 5.46. The minimum Gasteiger partial charge on any atom is -0.480 e. The normalized spacial score (nSPS) is 17.7. The fourth-order valence-electron chi connectivity index (χ4n) is 5.13. The lowest BCUT2D eigenvalue weighted by Gasteiger charge is -2.29. The van der Waals surface area contributed by atoms with Crippen LogP contribution in [0.3, 0.4) is 0 Å². The summed E-state index contributed by atoms with van der Waals surface area (Å²) in [5.41, 5.74) is 3.82. The number of amides is 2. The topological polar surface area (TPSA) is 141 Å². The fourth-order valence-corrected chi connectivity index (χ4v) is 5.13. The Morgan fingerprint density at radius 1 is 1.07 bits per heavy atom. The van der Waals surface area contributed by atoms with E-state index < -0.39 is 30.6 Å². The maximum Gasteiger partial charge on any atom is 0.411 e. The van der Waals surface area contributed by atoms with Crippen LogP contribution in [0.1, 0.15) is 41.1 Å². The van der Waals surface area contributed by atoms with Crippen LogP contribution in [0.25, 0.3) is 10.8 Å². The number of aromatic amines is 1. The Morgan fingerprint density at radius 2 is 1.90 bits per heavy atom. The highest BCUT2D eigenvalue weighted by Gasteiger charge is 2.29. The Morgan fingerprint density at radius 3 is 2.68 bits per heavy atom. The molecule has 0 fully saturated rings. The third-order valence-electron chi connectivity index (χ3n) is 7.14. The van der Waals surface area contributed by atoms with Crippen molar-refractivity contribution in [3.63, 3.8) is 0 Å². The van der Waals surface area contributed by atoms with Crippen molar-refractivity contribution in [2.24, 2.45) is 0 Å². The molecule has 3 aromatic carbocycles. The Bertz CT molecular complexity index is 1700. The van der Waals surface area contributed by atoms with Gasteiger partial charge < -0.3 is 25.0 Å². The number of nitrogens with one attached hydrogen (secondary N) is 3. The lowest BCUT2D eigenvalue weighted by Crippen LogP contribution is -2.40. The maximum absolute atomic E-state index is 14.2. The molecule has 4 bridgehead atoms. The monoisotopic (exact) mass is 554 g/mol. The summed E-state index contributed by atoms with van der Waals surface area (Å²) in [4.78, 5) is 54.8. The number of ether oxygens (including phenoxy) is 1. The van der Waals surface area contributed by atoms with Gasteiger partial charge in [0.15, 0.2) is 0 Å². The van der Waals surface area contributed by atoms with Gasteiger partial charge in [-0.25, -0.2) is 4.79 Å². The second kappa shape index (κ2) is 11.5. The number of nitrogens with zero attached hydrogens (tertiary/aromatic N) is 1. The molecule has 2 aliphatic rings. The van der Waals surface area contributed by atoms with E-state index in [9.17, 15) is 24.3 Å². The van der Waals surface area contributed by atoms with Gasteiger partial charge in [-0.1, -0.05) is 43.3 Å². The Kier molecular flexibility index (Phi) is 7.73. The van der Waals surface area contributed by atoms with Gasteiger partial charge in [0.2, 0.25) is 0 Å². The molecule has 210 valence electrons. The second-order valence-corrected chi connectivity index (χ2v) is 10.2. The fraction of sp³-hybridized carbons (Fsp3) is 0.226. The molecule has 0 saturated heterocycles. The number of carbonyl (C=O) groups is 3. The molecule has 0 aliphatic carbocycles. The summed E-state index contributed by atoms with van der Waals surface area (Å²) in [5.74, 6) is -1.74. The van der Waals surface area contributed by atoms with Crippen molar-refractivity contribution < 1.29 is 24.2 Å². The summed E-state index contributed by atoms with van der Waals surface area (Å²) in [5, 5.41) is 16.9. The van der Waals surface area contributed by atoms with Crippen LogP contribution in [0.5, 0.6) is 0 Å². The smallest absolute Gasteiger partial charge is 0.411 e. The number of fused-ring (bicyclic) bond motifs is 10. The highest BCUT2D eigenvalue weighted by molar-refractivity contribution is 5.90. The average Bonchev–Trinajstić information content (AvgIpc) is 2.94. The summed E-state index contributed by atoms with van der Waals surface area (Å²) in [6.07, 6.45) is 0.969. The van der Waals surface area contributed by atoms with Crippen LogP contribution in [0.2, 0.25) is 0 Å². The molecule has 2 amide bonds. The van der Waals surface area contributed by atoms with Crippen LogP contribution in [0.4, 0.5) is 16.2 Å². The molecule has 41 heavy (non-hydrogen) atoms. The van der Waals surface area contributed by atoms with E-state index in [2.05, 4.69) is 15.6 Å². The molecule has 0 spiro atoms. The highest BCUT2D eigenvalue weighted by atomic mass is 16.5. The van der Waals surface area contributed by atoms with E-state index in [4.69, 9.17) is 4.74 Å².